The lowest BCUT2D eigenvalue weighted by Gasteiger charge is -2.28. The monoisotopic (exact) mass is 1370 g/mol. The van der Waals surface area contributed by atoms with E-state index in [0.29, 0.717) is 17.4 Å². The van der Waals surface area contributed by atoms with Crippen LogP contribution in [0.15, 0.2) is 72.9 Å². The van der Waals surface area contributed by atoms with Crippen LogP contribution >= 0.6 is 7.82 Å². The molecular formula is C86H160NO8P. The van der Waals surface area contributed by atoms with E-state index >= 15 is 0 Å². The van der Waals surface area contributed by atoms with Crippen LogP contribution in [0.3, 0.4) is 0 Å². The molecule has 2 unspecified atom stereocenters. The Hall–Kier alpha value is -2.55. The number of carbonyl (C=O) groups is 2. The van der Waals surface area contributed by atoms with E-state index in [1.165, 1.54) is 308 Å². The quantitative estimate of drug-likeness (QED) is 0.0195. The van der Waals surface area contributed by atoms with Gasteiger partial charge >= 0.3 is 11.9 Å². The molecule has 10 heteroatoms. The van der Waals surface area contributed by atoms with E-state index in [-0.39, 0.29) is 32.0 Å². The molecule has 0 fully saturated rings. The molecule has 96 heavy (non-hydrogen) atoms. The molecule has 0 aliphatic carbocycles. The summed E-state index contributed by atoms with van der Waals surface area (Å²) in [6.07, 6.45) is 105. The Morgan fingerprint density at radius 1 is 0.333 bits per heavy atom. The van der Waals surface area contributed by atoms with Crippen molar-refractivity contribution < 1.29 is 42.1 Å². The molecule has 0 spiro atoms. The topological polar surface area (TPSA) is 111 Å². The summed E-state index contributed by atoms with van der Waals surface area (Å²) in [6.45, 7) is 4.19. The zero-order valence-electron chi connectivity index (χ0n) is 64.3. The normalized spacial score (nSPS) is 13.4. The van der Waals surface area contributed by atoms with Crippen LogP contribution < -0.4 is 4.89 Å². The van der Waals surface area contributed by atoms with Gasteiger partial charge in [0.1, 0.15) is 19.8 Å². The first kappa shape index (κ1) is 93.5. The summed E-state index contributed by atoms with van der Waals surface area (Å²) >= 11 is 0. The highest BCUT2D eigenvalue weighted by Crippen LogP contribution is 2.38. The molecule has 9 nitrogen and oxygen atoms in total. The van der Waals surface area contributed by atoms with Gasteiger partial charge in [-0.2, -0.15) is 0 Å². The minimum Gasteiger partial charge on any atom is -0.756 e. The molecule has 0 heterocycles. The second-order valence-corrected chi connectivity index (χ2v) is 30.9. The van der Waals surface area contributed by atoms with Gasteiger partial charge in [0.15, 0.2) is 6.10 Å². The second kappa shape index (κ2) is 76.6. The number of carbonyl (C=O) groups excluding carboxylic acids is 2. The Morgan fingerprint density at radius 3 is 0.896 bits per heavy atom. The van der Waals surface area contributed by atoms with E-state index in [1.807, 2.05) is 21.1 Å². The number of nitrogens with zero attached hydrogens (tertiary/aromatic N) is 1. The number of unbranched alkanes of at least 4 members (excludes halogenated alkanes) is 52. The first-order chi connectivity index (χ1) is 47.0. The fourth-order valence-corrected chi connectivity index (χ4v) is 13.1. The maximum atomic E-state index is 12.9. The highest BCUT2D eigenvalue weighted by Gasteiger charge is 2.22. The molecule has 0 N–H and O–H groups in total. The standard InChI is InChI=1S/C86H160NO8P/c1-6-8-10-12-14-16-18-20-22-24-26-28-30-32-34-36-38-39-40-41-42-43-44-45-46-47-49-50-52-54-56-58-60-62-64-66-68-70-72-74-76-78-85(88)92-82-84(83-94-96(90,91)93-81-80-87(3,4)5)95-86(89)79-77-75-73-71-69-67-65-63-61-59-57-55-53-51-48-37-35-33-31-29-27-25-23-21-19-17-15-13-11-9-7-2/h9,11,15,17,21,23-24,26-27,29,33,35,84H,6-8,10,12-14,16,18-20,22,25,28,30-32,34,36-83H2,1-5H3/b11-9-,17-15-,23-21-,26-24-,29-27-,35-33-. The maximum Gasteiger partial charge on any atom is 0.306 e. The molecule has 0 saturated heterocycles. The largest absolute Gasteiger partial charge is 0.756 e. The molecule has 0 aromatic heterocycles. The first-order valence-electron chi connectivity index (χ1n) is 41.6. The van der Waals surface area contributed by atoms with Crippen molar-refractivity contribution in [2.75, 3.05) is 47.5 Å². The van der Waals surface area contributed by atoms with Gasteiger partial charge in [-0.25, -0.2) is 0 Å². The molecule has 0 saturated carbocycles. The number of hydrogen-bond donors (Lipinski definition) is 0. The minimum absolute atomic E-state index is 0.0301. The third kappa shape index (κ3) is 80.4. The van der Waals surface area contributed by atoms with Crippen molar-refractivity contribution in [3.05, 3.63) is 72.9 Å². The average Bonchev–Trinajstić information content (AvgIpc) is 1.97. The summed E-state index contributed by atoms with van der Waals surface area (Å²) in [5.74, 6) is -0.814. The molecule has 0 amide bonds. The molecule has 0 bridgehead atoms. The van der Waals surface area contributed by atoms with Crippen LogP contribution in [0.2, 0.25) is 0 Å². The van der Waals surface area contributed by atoms with Crippen LogP contribution in [-0.2, 0) is 32.7 Å². The van der Waals surface area contributed by atoms with Crippen LogP contribution in [0.5, 0.6) is 0 Å². The molecule has 0 aromatic carbocycles. The zero-order chi connectivity index (χ0) is 69.7. The van der Waals surface area contributed by atoms with Gasteiger partial charge in [0, 0.05) is 12.8 Å². The van der Waals surface area contributed by atoms with Crippen LogP contribution in [0.1, 0.15) is 412 Å². The Kier molecular flexibility index (Phi) is 74.6. The fourth-order valence-electron chi connectivity index (χ4n) is 12.4. The average molecular weight is 1370 g/mol. The Balaban J connectivity index is 3.88. The molecular weight excluding hydrogens is 1210 g/mol. The van der Waals surface area contributed by atoms with Crippen LogP contribution in [-0.4, -0.2) is 70.0 Å². The first-order valence-corrected chi connectivity index (χ1v) is 43.1. The lowest BCUT2D eigenvalue weighted by Crippen LogP contribution is -2.37. The molecule has 562 valence electrons. The van der Waals surface area contributed by atoms with Crippen LogP contribution in [0, 0.1) is 0 Å². The lowest BCUT2D eigenvalue weighted by atomic mass is 10.0. The number of phosphoric acid groups is 1. The Bertz CT molecular complexity index is 1850. The highest BCUT2D eigenvalue weighted by molar-refractivity contribution is 7.45. The minimum atomic E-state index is -4.65. The van der Waals surface area contributed by atoms with Crippen molar-refractivity contribution in [1.29, 1.82) is 0 Å². The number of ether oxygens (including phenoxy) is 2. The zero-order valence-corrected chi connectivity index (χ0v) is 65.2. The number of phosphoric ester groups is 1. The van der Waals surface area contributed by atoms with Crippen LogP contribution in [0.25, 0.3) is 0 Å². The van der Waals surface area contributed by atoms with E-state index in [9.17, 15) is 19.0 Å². The third-order valence-corrected chi connectivity index (χ3v) is 19.7. The van der Waals surface area contributed by atoms with Crippen molar-refractivity contribution in [2.24, 2.45) is 0 Å². The van der Waals surface area contributed by atoms with Crippen molar-refractivity contribution in [2.45, 2.75) is 418 Å². The van der Waals surface area contributed by atoms with Gasteiger partial charge < -0.3 is 27.9 Å². The van der Waals surface area contributed by atoms with Crippen molar-refractivity contribution in [3.63, 3.8) is 0 Å². The summed E-state index contributed by atoms with van der Waals surface area (Å²) in [7, 11) is 1.18. The number of allylic oxidation sites excluding steroid dienone is 12. The fraction of sp³-hybridized carbons (Fsp3) is 0.837. The second-order valence-electron chi connectivity index (χ2n) is 29.5. The maximum absolute atomic E-state index is 12.9. The summed E-state index contributed by atoms with van der Waals surface area (Å²) in [5.41, 5.74) is 0. The van der Waals surface area contributed by atoms with E-state index in [0.717, 1.165) is 70.6 Å². The van der Waals surface area contributed by atoms with Crippen molar-refractivity contribution in [3.8, 4) is 0 Å². The Morgan fingerprint density at radius 2 is 0.594 bits per heavy atom. The predicted molar refractivity (Wildman–Crippen MR) is 416 cm³/mol. The van der Waals surface area contributed by atoms with Gasteiger partial charge in [0.05, 0.1) is 27.7 Å². The van der Waals surface area contributed by atoms with E-state index < -0.39 is 26.5 Å². The van der Waals surface area contributed by atoms with Gasteiger partial charge in [-0.3, -0.25) is 14.2 Å². The number of rotatable bonds is 78. The van der Waals surface area contributed by atoms with Crippen molar-refractivity contribution in [1.82, 2.24) is 0 Å². The molecule has 0 aliphatic heterocycles. The molecule has 2 atom stereocenters. The number of hydrogen-bond acceptors (Lipinski definition) is 8. The lowest BCUT2D eigenvalue weighted by molar-refractivity contribution is -0.870. The number of quaternary nitrogens is 1. The molecule has 0 rings (SSSR count). The third-order valence-electron chi connectivity index (χ3n) is 18.7. The highest BCUT2D eigenvalue weighted by atomic mass is 31.2. The SMILES string of the molecule is CC/C=C\C/C=C\C/C=C\C/C=C\C/C=C\CCCCCCCCCCCCCCCCCC(=O)OC(COC(=O)CCCCCCCCCCCCCCCCCCCCCCCCCCCCCCC/C=C\CCCCCCCCCC)COP(=O)([O-])OCC[N+](C)(C)C. The van der Waals surface area contributed by atoms with Crippen molar-refractivity contribution >= 4 is 19.8 Å². The number of likely N-dealkylation sites (N-methyl/N-ethyl adjacent to an activating group) is 1. The van der Waals surface area contributed by atoms with Crippen LogP contribution in [0.4, 0.5) is 0 Å². The molecule has 0 aliphatic rings. The molecule has 0 radical (unpaired) electrons. The van der Waals surface area contributed by atoms with Gasteiger partial charge in [0.2, 0.25) is 0 Å². The van der Waals surface area contributed by atoms with E-state index in [4.69, 9.17) is 18.5 Å². The van der Waals surface area contributed by atoms with Gasteiger partial charge in [-0.1, -0.05) is 389 Å². The summed E-state index contributed by atoms with van der Waals surface area (Å²) < 4.78 is 34.4. The summed E-state index contributed by atoms with van der Waals surface area (Å²) in [4.78, 5) is 38.2. The number of esters is 2. The van der Waals surface area contributed by atoms with E-state index in [1.54, 1.807) is 0 Å². The van der Waals surface area contributed by atoms with E-state index in [2.05, 4.69) is 86.8 Å². The summed E-state index contributed by atoms with van der Waals surface area (Å²) in [5, 5.41) is 0. The predicted octanol–water partition coefficient (Wildman–Crippen LogP) is 27.2. The molecule has 0 aromatic rings. The van der Waals surface area contributed by atoms with Gasteiger partial charge in [-0.15, -0.1) is 0 Å². The summed E-state index contributed by atoms with van der Waals surface area (Å²) in [6, 6.07) is 0. The van der Waals surface area contributed by atoms with Gasteiger partial charge in [0.25, 0.3) is 7.82 Å². The smallest absolute Gasteiger partial charge is 0.306 e. The Labute approximate surface area is 597 Å². The van der Waals surface area contributed by atoms with Gasteiger partial charge in [-0.05, 0) is 83.5 Å².